The highest BCUT2D eigenvalue weighted by molar-refractivity contribution is 5.74. The topological polar surface area (TPSA) is 79.2 Å². The maximum Gasteiger partial charge on any atom is 0.329 e. The van der Waals surface area contributed by atoms with E-state index in [4.69, 9.17) is 0 Å². The molecule has 2 aromatic heterocycles. The summed E-state index contributed by atoms with van der Waals surface area (Å²) in [6, 6.07) is 0.534. The van der Waals surface area contributed by atoms with Gasteiger partial charge in [0.15, 0.2) is 11.2 Å². The number of aryl methyl sites for hydroxylation is 2. The largest absolute Gasteiger partial charge is 0.340 e. The molecule has 0 unspecified atom stereocenters. The zero-order valence-corrected chi connectivity index (χ0v) is 13.5. The number of aromatic nitrogens is 4. The molecule has 0 aliphatic carbocycles. The summed E-state index contributed by atoms with van der Waals surface area (Å²) in [7, 11) is 3.44. The summed E-state index contributed by atoms with van der Waals surface area (Å²) in [6.07, 6.45) is 0. The minimum atomic E-state index is -0.438. The Kier molecular flexibility index (Phi) is 3.56. The first-order chi connectivity index (χ1) is 10.4. The van der Waals surface area contributed by atoms with Crippen LogP contribution in [0.2, 0.25) is 0 Å². The third kappa shape index (κ3) is 2.23. The third-order valence-corrected chi connectivity index (χ3v) is 4.44. The molecular formula is C14H22N6O2. The van der Waals surface area contributed by atoms with Gasteiger partial charge < -0.3 is 9.47 Å². The standard InChI is InChI=1S/C14H22N6O2/c1-9(2)19-5-7-20(8-6-19)13-15-11-10(17(13)3)12(21)16-14(22)18(11)4/h9H,5-8H2,1-4H3,(H,16,21,22). The molecule has 3 rings (SSSR count). The van der Waals surface area contributed by atoms with Crippen molar-refractivity contribution in [3.63, 3.8) is 0 Å². The van der Waals surface area contributed by atoms with Gasteiger partial charge in [0, 0.05) is 46.3 Å². The fraction of sp³-hybridized carbons (Fsp3) is 0.643. The maximum atomic E-state index is 12.1. The Labute approximate surface area is 128 Å². The van der Waals surface area contributed by atoms with Crippen LogP contribution in [-0.4, -0.2) is 56.2 Å². The van der Waals surface area contributed by atoms with Crippen LogP contribution in [0.25, 0.3) is 11.2 Å². The first-order valence-corrected chi connectivity index (χ1v) is 7.55. The molecule has 0 spiro atoms. The highest BCUT2D eigenvalue weighted by Gasteiger charge is 2.24. The Morgan fingerprint density at radius 2 is 1.68 bits per heavy atom. The number of nitrogens with zero attached hydrogens (tertiary/aromatic N) is 5. The number of nitrogens with one attached hydrogen (secondary N) is 1. The van der Waals surface area contributed by atoms with Crippen molar-refractivity contribution < 1.29 is 0 Å². The Balaban J connectivity index is 2.01. The van der Waals surface area contributed by atoms with Crippen molar-refractivity contribution in [2.24, 2.45) is 14.1 Å². The van der Waals surface area contributed by atoms with Gasteiger partial charge in [0.1, 0.15) is 0 Å². The van der Waals surface area contributed by atoms with Gasteiger partial charge in [-0.15, -0.1) is 0 Å². The van der Waals surface area contributed by atoms with E-state index < -0.39 is 5.69 Å². The van der Waals surface area contributed by atoms with Gasteiger partial charge in [-0.2, -0.15) is 4.98 Å². The smallest absolute Gasteiger partial charge is 0.329 e. The molecule has 0 atom stereocenters. The molecule has 3 heterocycles. The van der Waals surface area contributed by atoms with E-state index in [1.807, 2.05) is 7.05 Å². The van der Waals surface area contributed by atoms with Crippen LogP contribution in [0.1, 0.15) is 13.8 Å². The lowest BCUT2D eigenvalue weighted by molar-refractivity contribution is 0.208. The number of piperazine rings is 1. The molecule has 1 aliphatic heterocycles. The van der Waals surface area contributed by atoms with Gasteiger partial charge >= 0.3 is 5.69 Å². The van der Waals surface area contributed by atoms with Gasteiger partial charge in [-0.1, -0.05) is 0 Å². The molecule has 0 radical (unpaired) electrons. The van der Waals surface area contributed by atoms with E-state index in [2.05, 4.69) is 33.6 Å². The van der Waals surface area contributed by atoms with Crippen molar-refractivity contribution in [3.05, 3.63) is 20.8 Å². The molecule has 2 aromatic rings. The second-order valence-corrected chi connectivity index (χ2v) is 6.08. The predicted molar refractivity (Wildman–Crippen MR) is 85.5 cm³/mol. The first kappa shape index (κ1) is 14.8. The van der Waals surface area contributed by atoms with E-state index in [1.54, 1.807) is 11.6 Å². The SMILES string of the molecule is CC(C)N1CCN(c2nc3c(c(=O)[nH]c(=O)n3C)n2C)CC1. The maximum absolute atomic E-state index is 12.1. The lowest BCUT2D eigenvalue weighted by Gasteiger charge is -2.37. The molecule has 1 fully saturated rings. The average Bonchev–Trinajstić information content (AvgIpc) is 2.83. The van der Waals surface area contributed by atoms with E-state index in [0.717, 1.165) is 32.1 Å². The molecule has 8 nitrogen and oxygen atoms in total. The van der Waals surface area contributed by atoms with E-state index in [-0.39, 0.29) is 5.56 Å². The average molecular weight is 306 g/mol. The van der Waals surface area contributed by atoms with Crippen molar-refractivity contribution in [1.82, 2.24) is 24.0 Å². The van der Waals surface area contributed by atoms with E-state index in [0.29, 0.717) is 17.2 Å². The number of anilines is 1. The van der Waals surface area contributed by atoms with E-state index >= 15 is 0 Å². The molecule has 1 N–H and O–H groups in total. The monoisotopic (exact) mass is 306 g/mol. The summed E-state index contributed by atoms with van der Waals surface area (Å²) in [6.45, 7) is 8.05. The van der Waals surface area contributed by atoms with Crippen molar-refractivity contribution in [1.29, 1.82) is 0 Å². The van der Waals surface area contributed by atoms with Gasteiger partial charge in [-0.05, 0) is 13.8 Å². The number of H-pyrrole nitrogens is 1. The lowest BCUT2D eigenvalue weighted by Crippen LogP contribution is -2.49. The van der Waals surface area contributed by atoms with Crippen LogP contribution in [0.15, 0.2) is 9.59 Å². The highest BCUT2D eigenvalue weighted by Crippen LogP contribution is 2.19. The van der Waals surface area contributed by atoms with Crippen LogP contribution in [0, 0.1) is 0 Å². The van der Waals surface area contributed by atoms with Crippen LogP contribution in [0.3, 0.4) is 0 Å². The molecule has 1 saturated heterocycles. The van der Waals surface area contributed by atoms with E-state index in [9.17, 15) is 9.59 Å². The molecule has 0 saturated carbocycles. The van der Waals surface area contributed by atoms with Crippen molar-refractivity contribution >= 4 is 17.1 Å². The summed E-state index contributed by atoms with van der Waals surface area (Å²) >= 11 is 0. The van der Waals surface area contributed by atoms with Gasteiger partial charge in [0.2, 0.25) is 5.95 Å². The summed E-state index contributed by atoms with van der Waals surface area (Å²) in [5.74, 6) is 0.741. The minimum absolute atomic E-state index is 0.389. The Bertz CT molecular complexity index is 807. The number of aromatic amines is 1. The molecule has 0 aromatic carbocycles. The quantitative estimate of drug-likeness (QED) is 0.808. The summed E-state index contributed by atoms with van der Waals surface area (Å²) in [5.41, 5.74) is 0.0351. The zero-order valence-electron chi connectivity index (χ0n) is 13.5. The predicted octanol–water partition coefficient (Wildman–Crippen LogP) is -0.509. The Morgan fingerprint density at radius 3 is 2.27 bits per heavy atom. The molecular weight excluding hydrogens is 284 g/mol. The molecule has 1 aliphatic rings. The number of fused-ring (bicyclic) bond motifs is 1. The summed E-state index contributed by atoms with van der Waals surface area (Å²) in [4.78, 5) is 35.2. The fourth-order valence-corrected chi connectivity index (χ4v) is 3.02. The molecule has 0 bridgehead atoms. The first-order valence-electron chi connectivity index (χ1n) is 7.55. The summed E-state index contributed by atoms with van der Waals surface area (Å²) < 4.78 is 3.16. The second kappa shape index (κ2) is 5.28. The van der Waals surface area contributed by atoms with Crippen LogP contribution < -0.4 is 16.1 Å². The fourth-order valence-electron chi connectivity index (χ4n) is 3.02. The van der Waals surface area contributed by atoms with Crippen LogP contribution >= 0.6 is 0 Å². The number of rotatable bonds is 2. The highest BCUT2D eigenvalue weighted by atomic mass is 16.2. The van der Waals surface area contributed by atoms with Crippen molar-refractivity contribution in [3.8, 4) is 0 Å². The minimum Gasteiger partial charge on any atom is -0.340 e. The molecule has 8 heteroatoms. The molecule has 120 valence electrons. The Morgan fingerprint density at radius 1 is 1.05 bits per heavy atom. The van der Waals surface area contributed by atoms with Crippen molar-refractivity contribution in [2.75, 3.05) is 31.1 Å². The van der Waals surface area contributed by atoms with E-state index in [1.165, 1.54) is 4.57 Å². The van der Waals surface area contributed by atoms with Gasteiger partial charge in [-0.25, -0.2) is 4.79 Å². The summed E-state index contributed by atoms with van der Waals surface area (Å²) in [5, 5.41) is 0. The van der Waals surface area contributed by atoms with Crippen LogP contribution in [-0.2, 0) is 14.1 Å². The Hall–Kier alpha value is -2.09. The third-order valence-electron chi connectivity index (χ3n) is 4.44. The van der Waals surface area contributed by atoms with Crippen molar-refractivity contribution in [2.45, 2.75) is 19.9 Å². The van der Waals surface area contributed by atoms with Gasteiger partial charge in [-0.3, -0.25) is 19.2 Å². The van der Waals surface area contributed by atoms with Crippen LogP contribution in [0.5, 0.6) is 0 Å². The zero-order chi connectivity index (χ0) is 16.0. The number of hydrogen-bond acceptors (Lipinski definition) is 5. The second-order valence-electron chi connectivity index (χ2n) is 6.08. The normalized spacial score (nSPS) is 16.9. The van der Waals surface area contributed by atoms with Gasteiger partial charge in [0.05, 0.1) is 0 Å². The number of imidazole rings is 1. The van der Waals surface area contributed by atoms with Gasteiger partial charge in [0.25, 0.3) is 5.56 Å². The molecule has 0 amide bonds. The van der Waals surface area contributed by atoms with Crippen LogP contribution in [0.4, 0.5) is 5.95 Å². The number of hydrogen-bond donors (Lipinski definition) is 1. The molecule has 22 heavy (non-hydrogen) atoms. The lowest BCUT2D eigenvalue weighted by atomic mass is 10.2.